The summed E-state index contributed by atoms with van der Waals surface area (Å²) in [7, 11) is 6.00. The summed E-state index contributed by atoms with van der Waals surface area (Å²) < 4.78 is 1.95. The van der Waals surface area contributed by atoms with Crippen LogP contribution in [-0.2, 0) is 6.54 Å². The Morgan fingerprint density at radius 1 is 1.26 bits per heavy atom. The van der Waals surface area contributed by atoms with Gasteiger partial charge in [-0.15, -0.1) is 0 Å². The van der Waals surface area contributed by atoms with Crippen molar-refractivity contribution in [3.63, 3.8) is 0 Å². The fourth-order valence-corrected chi connectivity index (χ4v) is 3.33. The minimum atomic E-state index is -0.150. The normalized spacial score (nSPS) is 17.0. The molecule has 8 heteroatoms. The number of aromatic nitrogens is 4. The summed E-state index contributed by atoms with van der Waals surface area (Å²) in [6.45, 7) is 7.12. The van der Waals surface area contributed by atoms with Gasteiger partial charge in [0.1, 0.15) is 5.82 Å². The molecule has 1 amide bonds. The maximum absolute atomic E-state index is 12.9. The molecule has 0 bridgehead atoms. The van der Waals surface area contributed by atoms with Gasteiger partial charge in [0.2, 0.25) is 5.82 Å². The minimum Gasteiger partial charge on any atom is -0.355 e. The SMILES string of the molecule is Cc1nc(C(=O)N(C)CCn2ccnc2)nc(N2CC[C@@H](N(C)C)C2)c1C. The van der Waals surface area contributed by atoms with Gasteiger partial charge in [0, 0.05) is 62.9 Å². The Morgan fingerprint density at radius 2 is 2.04 bits per heavy atom. The Morgan fingerprint density at radius 3 is 2.67 bits per heavy atom. The van der Waals surface area contributed by atoms with E-state index in [0.29, 0.717) is 19.1 Å². The van der Waals surface area contributed by atoms with Crippen LogP contribution in [0.4, 0.5) is 5.82 Å². The van der Waals surface area contributed by atoms with Crippen LogP contribution >= 0.6 is 0 Å². The molecule has 0 aromatic carbocycles. The lowest BCUT2D eigenvalue weighted by atomic mass is 10.2. The van der Waals surface area contributed by atoms with E-state index in [4.69, 9.17) is 0 Å². The van der Waals surface area contributed by atoms with Crippen molar-refractivity contribution in [2.75, 3.05) is 45.7 Å². The minimum absolute atomic E-state index is 0.150. The molecule has 0 unspecified atom stereocenters. The fraction of sp³-hybridized carbons (Fsp3) is 0.579. The van der Waals surface area contributed by atoms with Gasteiger partial charge in [-0.25, -0.2) is 15.0 Å². The molecular formula is C19H29N7O. The van der Waals surface area contributed by atoms with Crippen LogP contribution in [0.2, 0.25) is 0 Å². The van der Waals surface area contributed by atoms with E-state index in [0.717, 1.165) is 36.6 Å². The van der Waals surface area contributed by atoms with E-state index in [2.05, 4.69) is 38.8 Å². The molecule has 27 heavy (non-hydrogen) atoms. The molecule has 1 fully saturated rings. The second kappa shape index (κ2) is 8.04. The monoisotopic (exact) mass is 371 g/mol. The molecular weight excluding hydrogens is 342 g/mol. The molecule has 0 aliphatic carbocycles. The van der Waals surface area contributed by atoms with Crippen LogP contribution in [0.1, 0.15) is 28.3 Å². The van der Waals surface area contributed by atoms with E-state index in [-0.39, 0.29) is 11.7 Å². The van der Waals surface area contributed by atoms with E-state index in [9.17, 15) is 4.79 Å². The third-order valence-electron chi connectivity index (χ3n) is 5.35. The van der Waals surface area contributed by atoms with Gasteiger partial charge in [0.25, 0.3) is 5.91 Å². The van der Waals surface area contributed by atoms with Gasteiger partial charge in [-0.3, -0.25) is 4.79 Å². The van der Waals surface area contributed by atoms with E-state index in [1.807, 2.05) is 24.6 Å². The van der Waals surface area contributed by atoms with Crippen molar-refractivity contribution >= 4 is 11.7 Å². The van der Waals surface area contributed by atoms with Crippen molar-refractivity contribution < 1.29 is 4.79 Å². The topological polar surface area (TPSA) is 70.4 Å². The number of hydrogen-bond acceptors (Lipinski definition) is 6. The van der Waals surface area contributed by atoms with Crippen LogP contribution in [0.3, 0.4) is 0 Å². The second-order valence-electron chi connectivity index (χ2n) is 7.46. The summed E-state index contributed by atoms with van der Waals surface area (Å²) in [4.78, 5) is 32.2. The van der Waals surface area contributed by atoms with Gasteiger partial charge < -0.3 is 19.3 Å². The average Bonchev–Trinajstić information content (AvgIpc) is 3.33. The highest BCUT2D eigenvalue weighted by Gasteiger charge is 2.28. The van der Waals surface area contributed by atoms with Gasteiger partial charge in [0.05, 0.1) is 6.33 Å². The largest absolute Gasteiger partial charge is 0.355 e. The van der Waals surface area contributed by atoms with Crippen molar-refractivity contribution in [2.24, 2.45) is 0 Å². The van der Waals surface area contributed by atoms with Crippen molar-refractivity contribution in [3.05, 3.63) is 35.8 Å². The highest BCUT2D eigenvalue weighted by molar-refractivity contribution is 5.90. The number of carbonyl (C=O) groups is 1. The molecule has 8 nitrogen and oxygen atoms in total. The number of aryl methyl sites for hydroxylation is 1. The standard InChI is InChI=1S/C19H29N7O/c1-14-15(2)21-17(19(27)24(5)10-11-25-9-7-20-13-25)22-18(14)26-8-6-16(12-26)23(3)4/h7,9,13,16H,6,8,10-12H2,1-5H3/t16-/m1/s1. The van der Waals surface area contributed by atoms with Crippen molar-refractivity contribution in [2.45, 2.75) is 32.9 Å². The molecule has 2 aromatic heterocycles. The van der Waals surface area contributed by atoms with Gasteiger partial charge in [-0.1, -0.05) is 0 Å². The van der Waals surface area contributed by atoms with Gasteiger partial charge in [-0.05, 0) is 34.4 Å². The van der Waals surface area contributed by atoms with E-state index < -0.39 is 0 Å². The number of likely N-dealkylation sites (N-methyl/N-ethyl adjacent to an activating group) is 2. The summed E-state index contributed by atoms with van der Waals surface area (Å²) in [5.74, 6) is 1.01. The number of hydrogen-bond donors (Lipinski definition) is 0. The van der Waals surface area contributed by atoms with Gasteiger partial charge >= 0.3 is 0 Å². The number of imidazole rings is 1. The van der Waals surface area contributed by atoms with Crippen LogP contribution < -0.4 is 4.90 Å². The first-order valence-electron chi connectivity index (χ1n) is 9.34. The quantitative estimate of drug-likeness (QED) is 0.760. The lowest BCUT2D eigenvalue weighted by molar-refractivity contribution is 0.0778. The first kappa shape index (κ1) is 19.3. The zero-order valence-electron chi connectivity index (χ0n) is 16.9. The Kier molecular flexibility index (Phi) is 5.74. The third-order valence-corrected chi connectivity index (χ3v) is 5.35. The van der Waals surface area contributed by atoms with Crippen molar-refractivity contribution in [3.8, 4) is 0 Å². The molecule has 0 N–H and O–H groups in total. The Bertz CT molecular complexity index is 788. The molecule has 3 heterocycles. The van der Waals surface area contributed by atoms with Crippen molar-refractivity contribution in [1.82, 2.24) is 29.3 Å². The second-order valence-corrected chi connectivity index (χ2v) is 7.46. The van der Waals surface area contributed by atoms with Gasteiger partial charge in [-0.2, -0.15) is 0 Å². The van der Waals surface area contributed by atoms with Crippen LogP contribution in [0.25, 0.3) is 0 Å². The highest BCUT2D eigenvalue weighted by Crippen LogP contribution is 2.25. The smallest absolute Gasteiger partial charge is 0.291 e. The molecule has 3 rings (SSSR count). The Hall–Kier alpha value is -2.48. The Balaban J connectivity index is 1.75. The predicted molar refractivity (Wildman–Crippen MR) is 105 cm³/mol. The molecule has 0 radical (unpaired) electrons. The highest BCUT2D eigenvalue weighted by atomic mass is 16.2. The summed E-state index contributed by atoms with van der Waals surface area (Å²) in [6, 6.07) is 0.511. The van der Waals surface area contributed by atoms with Crippen LogP contribution in [0, 0.1) is 13.8 Å². The maximum Gasteiger partial charge on any atom is 0.291 e. The van der Waals surface area contributed by atoms with E-state index in [1.54, 1.807) is 24.5 Å². The Labute approximate surface area is 160 Å². The van der Waals surface area contributed by atoms with Gasteiger partial charge in [0.15, 0.2) is 0 Å². The number of rotatable bonds is 6. The van der Waals surface area contributed by atoms with Crippen LogP contribution in [0.15, 0.2) is 18.7 Å². The first-order valence-corrected chi connectivity index (χ1v) is 9.34. The predicted octanol–water partition coefficient (Wildman–Crippen LogP) is 1.20. The summed E-state index contributed by atoms with van der Waals surface area (Å²) in [6.07, 6.45) is 6.47. The van der Waals surface area contributed by atoms with E-state index >= 15 is 0 Å². The summed E-state index contributed by atoms with van der Waals surface area (Å²) in [5.41, 5.74) is 1.91. The lowest BCUT2D eigenvalue weighted by Gasteiger charge is -2.24. The molecule has 0 saturated carbocycles. The summed E-state index contributed by atoms with van der Waals surface area (Å²) in [5, 5.41) is 0. The van der Waals surface area contributed by atoms with Crippen LogP contribution in [0.5, 0.6) is 0 Å². The zero-order chi connectivity index (χ0) is 19.6. The molecule has 146 valence electrons. The third kappa shape index (κ3) is 4.27. The molecule has 2 aromatic rings. The molecule has 1 aliphatic heterocycles. The maximum atomic E-state index is 12.9. The molecule has 0 spiro atoms. The van der Waals surface area contributed by atoms with Crippen molar-refractivity contribution in [1.29, 1.82) is 0 Å². The lowest BCUT2D eigenvalue weighted by Crippen LogP contribution is -2.34. The van der Waals surface area contributed by atoms with Crippen LogP contribution in [-0.4, -0.2) is 82.0 Å². The zero-order valence-corrected chi connectivity index (χ0v) is 16.9. The average molecular weight is 371 g/mol. The molecule has 1 aliphatic rings. The fourth-order valence-electron chi connectivity index (χ4n) is 3.33. The first-order chi connectivity index (χ1) is 12.9. The molecule has 1 saturated heterocycles. The number of nitrogens with zero attached hydrogens (tertiary/aromatic N) is 7. The number of amides is 1. The molecule has 1 atom stereocenters. The number of anilines is 1. The summed E-state index contributed by atoms with van der Waals surface area (Å²) >= 11 is 0. The van der Waals surface area contributed by atoms with E-state index in [1.165, 1.54) is 0 Å². The number of carbonyl (C=O) groups excluding carboxylic acids is 1.